The van der Waals surface area contributed by atoms with Gasteiger partial charge in [-0.05, 0) is 19.1 Å². The van der Waals surface area contributed by atoms with Gasteiger partial charge in [-0.3, -0.25) is 4.18 Å². The second-order valence-corrected chi connectivity index (χ2v) is 9.06. The standard InChI is InChI=1S/C22H26O8S/c1-14-9-11-16(12-10-14)31(23,24)30-19-18-17(28-22(26-3)20(19)25-2)13-27-21(29-18)15-7-5-4-6-8-15/h4-12,17-22H,13H2,1-3H3. The van der Waals surface area contributed by atoms with Gasteiger partial charge >= 0.3 is 0 Å². The summed E-state index contributed by atoms with van der Waals surface area (Å²) in [7, 11) is -1.19. The van der Waals surface area contributed by atoms with Crippen LogP contribution in [-0.2, 0) is 38.0 Å². The number of fused-ring (bicyclic) bond motifs is 1. The highest BCUT2D eigenvalue weighted by atomic mass is 32.2. The predicted molar refractivity (Wildman–Crippen MR) is 110 cm³/mol. The molecular formula is C22H26O8S. The van der Waals surface area contributed by atoms with E-state index in [-0.39, 0.29) is 11.5 Å². The highest BCUT2D eigenvalue weighted by Crippen LogP contribution is 2.37. The van der Waals surface area contributed by atoms with Crippen LogP contribution in [0.5, 0.6) is 0 Å². The first-order valence-corrected chi connectivity index (χ1v) is 11.4. The van der Waals surface area contributed by atoms with Crippen LogP contribution in [0.4, 0.5) is 0 Å². The first-order chi connectivity index (χ1) is 14.9. The highest BCUT2D eigenvalue weighted by Gasteiger charge is 2.53. The van der Waals surface area contributed by atoms with Crippen molar-refractivity contribution in [2.24, 2.45) is 0 Å². The number of ether oxygens (including phenoxy) is 5. The van der Waals surface area contributed by atoms with E-state index in [9.17, 15) is 8.42 Å². The molecule has 4 rings (SSSR count). The fourth-order valence-corrected chi connectivity index (χ4v) is 4.87. The van der Waals surface area contributed by atoms with Gasteiger partial charge in [0.15, 0.2) is 12.6 Å². The van der Waals surface area contributed by atoms with Crippen LogP contribution in [0.3, 0.4) is 0 Å². The van der Waals surface area contributed by atoms with E-state index in [0.717, 1.165) is 11.1 Å². The van der Waals surface area contributed by atoms with Crippen LogP contribution in [0.2, 0.25) is 0 Å². The van der Waals surface area contributed by atoms with Crippen molar-refractivity contribution < 1.29 is 36.3 Å². The molecule has 2 saturated heterocycles. The van der Waals surface area contributed by atoms with Crippen LogP contribution in [-0.4, -0.2) is 60.0 Å². The maximum atomic E-state index is 13.0. The van der Waals surface area contributed by atoms with E-state index < -0.39 is 47.1 Å². The Morgan fingerprint density at radius 3 is 2.26 bits per heavy atom. The van der Waals surface area contributed by atoms with Crippen molar-refractivity contribution in [1.82, 2.24) is 0 Å². The summed E-state index contributed by atoms with van der Waals surface area (Å²) in [6, 6.07) is 15.8. The summed E-state index contributed by atoms with van der Waals surface area (Å²) >= 11 is 0. The second-order valence-electron chi connectivity index (χ2n) is 7.48. The molecule has 31 heavy (non-hydrogen) atoms. The van der Waals surface area contributed by atoms with E-state index in [1.165, 1.54) is 26.4 Å². The Labute approximate surface area is 182 Å². The molecule has 2 aromatic carbocycles. The third kappa shape index (κ3) is 4.68. The molecule has 2 fully saturated rings. The Bertz CT molecular complexity index is 963. The van der Waals surface area contributed by atoms with Gasteiger partial charge in [0.05, 0.1) is 11.5 Å². The first-order valence-electron chi connectivity index (χ1n) is 9.96. The van der Waals surface area contributed by atoms with E-state index in [2.05, 4.69) is 0 Å². The molecule has 0 saturated carbocycles. The zero-order chi connectivity index (χ0) is 22.0. The average molecular weight is 451 g/mol. The van der Waals surface area contributed by atoms with Crippen LogP contribution in [0.1, 0.15) is 17.4 Å². The molecule has 0 radical (unpaired) electrons. The van der Waals surface area contributed by atoms with Gasteiger partial charge in [0, 0.05) is 19.8 Å². The fraction of sp³-hybridized carbons (Fsp3) is 0.455. The lowest BCUT2D eigenvalue weighted by molar-refractivity contribution is -0.356. The summed E-state index contributed by atoms with van der Waals surface area (Å²) in [6.45, 7) is 2.06. The monoisotopic (exact) mass is 450 g/mol. The number of rotatable bonds is 6. The van der Waals surface area contributed by atoms with Crippen molar-refractivity contribution in [2.75, 3.05) is 20.8 Å². The lowest BCUT2D eigenvalue weighted by Gasteiger charge is -2.47. The minimum atomic E-state index is -4.10. The van der Waals surface area contributed by atoms with E-state index in [0.29, 0.717) is 0 Å². The largest absolute Gasteiger partial charge is 0.373 e. The molecule has 0 aromatic heterocycles. The summed E-state index contributed by atoms with van der Waals surface area (Å²) in [4.78, 5) is 0.0524. The van der Waals surface area contributed by atoms with Crippen molar-refractivity contribution in [1.29, 1.82) is 0 Å². The normalized spacial score (nSPS) is 31.2. The molecule has 2 aromatic rings. The Kier molecular flexibility index (Phi) is 6.73. The number of hydrogen-bond acceptors (Lipinski definition) is 8. The number of aryl methyl sites for hydroxylation is 1. The summed E-state index contributed by atoms with van der Waals surface area (Å²) < 4.78 is 60.6. The van der Waals surface area contributed by atoms with E-state index in [1.807, 2.05) is 37.3 Å². The molecule has 0 aliphatic carbocycles. The molecular weight excluding hydrogens is 424 g/mol. The topological polar surface area (TPSA) is 89.5 Å². The number of benzene rings is 2. The van der Waals surface area contributed by atoms with Crippen LogP contribution in [0.25, 0.3) is 0 Å². The van der Waals surface area contributed by atoms with Gasteiger partial charge in [0.25, 0.3) is 10.1 Å². The quantitative estimate of drug-likeness (QED) is 0.621. The lowest BCUT2D eigenvalue weighted by atomic mass is 9.97. The van der Waals surface area contributed by atoms with Gasteiger partial charge in [0.1, 0.15) is 24.4 Å². The molecule has 0 amide bonds. The summed E-state index contributed by atoms with van der Waals surface area (Å²) in [6.07, 6.45) is -4.71. The minimum Gasteiger partial charge on any atom is -0.373 e. The average Bonchev–Trinajstić information content (AvgIpc) is 2.79. The Morgan fingerprint density at radius 2 is 1.61 bits per heavy atom. The molecule has 168 valence electrons. The summed E-state index contributed by atoms with van der Waals surface area (Å²) in [5, 5.41) is 0. The van der Waals surface area contributed by atoms with Gasteiger partial charge in [-0.25, -0.2) is 0 Å². The van der Waals surface area contributed by atoms with Gasteiger partial charge in [0.2, 0.25) is 0 Å². The molecule has 8 nitrogen and oxygen atoms in total. The van der Waals surface area contributed by atoms with Gasteiger partial charge in [-0.15, -0.1) is 0 Å². The van der Waals surface area contributed by atoms with Crippen LogP contribution >= 0.6 is 0 Å². The fourth-order valence-electron chi connectivity index (χ4n) is 3.78. The van der Waals surface area contributed by atoms with Crippen molar-refractivity contribution >= 4 is 10.1 Å². The van der Waals surface area contributed by atoms with Gasteiger partial charge < -0.3 is 23.7 Å². The second kappa shape index (κ2) is 9.33. The number of hydrogen-bond donors (Lipinski definition) is 0. The minimum absolute atomic E-state index is 0.0524. The zero-order valence-corrected chi connectivity index (χ0v) is 18.4. The van der Waals surface area contributed by atoms with Crippen LogP contribution in [0.15, 0.2) is 59.5 Å². The molecule has 2 heterocycles. The Morgan fingerprint density at radius 1 is 0.903 bits per heavy atom. The van der Waals surface area contributed by atoms with Gasteiger partial charge in [-0.2, -0.15) is 8.42 Å². The highest BCUT2D eigenvalue weighted by molar-refractivity contribution is 7.86. The number of methoxy groups -OCH3 is 2. The third-order valence-corrected chi connectivity index (χ3v) is 6.73. The Balaban J connectivity index is 1.64. The zero-order valence-electron chi connectivity index (χ0n) is 17.5. The SMILES string of the molecule is COC1OC2COC(c3ccccc3)OC2C(OS(=O)(=O)c2ccc(C)cc2)C1OC. The molecule has 2 aliphatic rings. The first kappa shape index (κ1) is 22.3. The molecule has 6 unspecified atom stereocenters. The Hall–Kier alpha value is -1.85. The lowest BCUT2D eigenvalue weighted by Crippen LogP contribution is -2.63. The van der Waals surface area contributed by atoms with Crippen molar-refractivity contribution in [3.8, 4) is 0 Å². The van der Waals surface area contributed by atoms with Crippen molar-refractivity contribution in [3.63, 3.8) is 0 Å². The molecule has 0 bridgehead atoms. The molecule has 0 N–H and O–H groups in total. The third-order valence-electron chi connectivity index (χ3n) is 5.41. The molecule has 6 atom stereocenters. The van der Waals surface area contributed by atoms with E-state index >= 15 is 0 Å². The predicted octanol–water partition coefficient (Wildman–Crippen LogP) is 2.57. The smallest absolute Gasteiger partial charge is 0.297 e. The summed E-state index contributed by atoms with van der Waals surface area (Å²) in [5.41, 5.74) is 1.75. The van der Waals surface area contributed by atoms with Crippen molar-refractivity contribution in [3.05, 3.63) is 65.7 Å². The van der Waals surface area contributed by atoms with Gasteiger partial charge in [-0.1, -0.05) is 48.0 Å². The molecule has 9 heteroatoms. The summed E-state index contributed by atoms with van der Waals surface area (Å²) in [5.74, 6) is 0. The molecule has 0 spiro atoms. The maximum Gasteiger partial charge on any atom is 0.297 e. The van der Waals surface area contributed by atoms with Crippen LogP contribution < -0.4 is 0 Å². The van der Waals surface area contributed by atoms with Crippen LogP contribution in [0, 0.1) is 6.92 Å². The van der Waals surface area contributed by atoms with Crippen molar-refractivity contribution in [2.45, 2.75) is 48.8 Å². The molecule has 2 aliphatic heterocycles. The maximum absolute atomic E-state index is 13.0. The van der Waals surface area contributed by atoms with E-state index in [4.69, 9.17) is 27.9 Å². The van der Waals surface area contributed by atoms with E-state index in [1.54, 1.807) is 12.1 Å².